The number of amides is 1. The van der Waals surface area contributed by atoms with Crippen LogP contribution in [0.3, 0.4) is 0 Å². The Morgan fingerprint density at radius 2 is 1.89 bits per heavy atom. The van der Waals surface area contributed by atoms with Crippen LogP contribution in [0.25, 0.3) is 11.3 Å². The first-order chi connectivity index (χ1) is 13.3. The summed E-state index contributed by atoms with van der Waals surface area (Å²) in [6.45, 7) is 3.01. The Kier molecular flexibility index (Phi) is 7.38. The van der Waals surface area contributed by atoms with Gasteiger partial charge in [0.15, 0.2) is 0 Å². The first-order valence-corrected chi connectivity index (χ1v) is 8.58. The maximum Gasteiger partial charge on any atom is 0.451 e. The number of hydrogen-bond donors (Lipinski definition) is 2. The summed E-state index contributed by atoms with van der Waals surface area (Å²) >= 11 is 0. The molecule has 1 aliphatic heterocycles. The van der Waals surface area contributed by atoms with Crippen LogP contribution in [0.2, 0.25) is 0 Å². The van der Waals surface area contributed by atoms with Crippen molar-refractivity contribution in [3.8, 4) is 11.3 Å². The molecule has 1 aliphatic rings. The number of alkyl halides is 4. The molecule has 0 aliphatic carbocycles. The number of nitrogens with zero attached hydrogens (tertiary/aromatic N) is 3. The van der Waals surface area contributed by atoms with Gasteiger partial charge in [-0.25, -0.2) is 9.97 Å². The van der Waals surface area contributed by atoms with Gasteiger partial charge in [-0.15, -0.1) is 0 Å². The van der Waals surface area contributed by atoms with Gasteiger partial charge < -0.3 is 10.6 Å². The maximum atomic E-state index is 12.6. The van der Waals surface area contributed by atoms with Crippen molar-refractivity contribution in [1.29, 1.82) is 0 Å². The van der Waals surface area contributed by atoms with Crippen LogP contribution in [0.1, 0.15) is 29.8 Å². The second kappa shape index (κ2) is 9.54. The lowest BCUT2D eigenvalue weighted by atomic mass is 10.1. The average Bonchev–Trinajstić information content (AvgIpc) is 3.23. The number of aromatic nitrogens is 3. The van der Waals surface area contributed by atoms with Gasteiger partial charge >= 0.3 is 6.18 Å². The van der Waals surface area contributed by atoms with Gasteiger partial charge in [-0.1, -0.05) is 0 Å². The summed E-state index contributed by atoms with van der Waals surface area (Å²) in [4.78, 5) is 23.0. The minimum Gasteiger partial charge on any atom is -0.351 e. The Bertz CT molecular complexity index is 790. The fourth-order valence-corrected chi connectivity index (χ4v) is 2.73. The predicted octanol–water partition coefficient (Wildman–Crippen LogP) is 2.82. The number of pyridine rings is 1. The van der Waals surface area contributed by atoms with Crippen molar-refractivity contribution in [3.63, 3.8) is 0 Å². The molecule has 1 atom stereocenters. The number of nitrogens with one attached hydrogen (secondary N) is 2. The molecule has 0 saturated carbocycles. The molecule has 0 radical (unpaired) electrons. The molecule has 1 unspecified atom stereocenters. The standard InChI is InChI=1S/C17H18F3N5O.CH3F/c1-10-6-22-14(12-8-24-16(25-9-12)17(18,19)20)5-11(10)7-23-15(26)13-3-2-4-21-13;1-2/h5-6,8-9,13,21H,2-4,7H2,1H3,(H,23,26);1H3. The van der Waals surface area contributed by atoms with Crippen LogP contribution in [0.4, 0.5) is 17.6 Å². The van der Waals surface area contributed by atoms with Gasteiger partial charge in [-0.3, -0.25) is 14.2 Å². The van der Waals surface area contributed by atoms with Crippen LogP contribution in [0, 0.1) is 6.92 Å². The highest BCUT2D eigenvalue weighted by Crippen LogP contribution is 2.27. The number of rotatable bonds is 4. The fourth-order valence-electron chi connectivity index (χ4n) is 2.73. The van der Waals surface area contributed by atoms with Gasteiger partial charge in [0.25, 0.3) is 0 Å². The third-order valence-electron chi connectivity index (χ3n) is 4.25. The number of carbonyl (C=O) groups is 1. The molecule has 3 rings (SSSR count). The summed E-state index contributed by atoms with van der Waals surface area (Å²) in [6, 6.07) is 1.56. The summed E-state index contributed by atoms with van der Waals surface area (Å²) in [7, 11) is 0.500. The first kappa shape index (κ1) is 21.7. The molecule has 1 amide bonds. The third kappa shape index (κ3) is 5.44. The number of halogens is 4. The van der Waals surface area contributed by atoms with E-state index >= 15 is 0 Å². The molecule has 28 heavy (non-hydrogen) atoms. The van der Waals surface area contributed by atoms with Crippen molar-refractivity contribution >= 4 is 5.91 Å². The molecule has 0 aromatic carbocycles. The monoisotopic (exact) mass is 399 g/mol. The van der Waals surface area contributed by atoms with Crippen LogP contribution >= 0.6 is 0 Å². The Labute approximate surface area is 159 Å². The lowest BCUT2D eigenvalue weighted by Gasteiger charge is -2.13. The van der Waals surface area contributed by atoms with Crippen molar-refractivity contribution in [2.45, 2.75) is 38.5 Å². The molecule has 2 aromatic heterocycles. The Morgan fingerprint density at radius 1 is 1.21 bits per heavy atom. The largest absolute Gasteiger partial charge is 0.451 e. The van der Waals surface area contributed by atoms with E-state index in [4.69, 9.17) is 0 Å². The van der Waals surface area contributed by atoms with E-state index in [9.17, 15) is 22.4 Å². The Balaban J connectivity index is 0.00000136. The van der Waals surface area contributed by atoms with E-state index in [1.807, 2.05) is 6.92 Å². The first-order valence-electron chi connectivity index (χ1n) is 8.58. The highest BCUT2D eigenvalue weighted by molar-refractivity contribution is 5.82. The minimum absolute atomic E-state index is 0.0573. The molecule has 10 heteroatoms. The number of aryl methyl sites for hydroxylation is 1. The summed E-state index contributed by atoms with van der Waals surface area (Å²) in [5.41, 5.74) is 2.54. The van der Waals surface area contributed by atoms with Crippen molar-refractivity contribution in [2.24, 2.45) is 0 Å². The van der Waals surface area contributed by atoms with E-state index < -0.39 is 12.0 Å². The molecule has 2 N–H and O–H groups in total. The normalized spacial score (nSPS) is 16.3. The summed E-state index contributed by atoms with van der Waals surface area (Å²) in [6.07, 6.45) is 1.02. The predicted molar refractivity (Wildman–Crippen MR) is 94.9 cm³/mol. The van der Waals surface area contributed by atoms with E-state index in [1.165, 1.54) is 0 Å². The van der Waals surface area contributed by atoms with Crippen LogP contribution in [0.5, 0.6) is 0 Å². The van der Waals surface area contributed by atoms with Crippen molar-refractivity contribution in [1.82, 2.24) is 25.6 Å². The molecule has 6 nitrogen and oxygen atoms in total. The van der Waals surface area contributed by atoms with E-state index in [1.54, 1.807) is 12.3 Å². The van der Waals surface area contributed by atoms with Crippen LogP contribution < -0.4 is 10.6 Å². The van der Waals surface area contributed by atoms with E-state index in [-0.39, 0.29) is 11.9 Å². The SMILES string of the molecule is CF.Cc1cnc(-c2cnc(C(F)(F)F)nc2)cc1CNC(=O)C1CCCN1. The van der Waals surface area contributed by atoms with Crippen LogP contribution in [-0.4, -0.2) is 40.6 Å². The fraction of sp³-hybridized carbons (Fsp3) is 0.444. The second-order valence-electron chi connectivity index (χ2n) is 6.16. The maximum absolute atomic E-state index is 12.6. The van der Waals surface area contributed by atoms with E-state index in [2.05, 4.69) is 25.6 Å². The van der Waals surface area contributed by atoms with Gasteiger partial charge in [-0.05, 0) is 43.5 Å². The quantitative estimate of drug-likeness (QED) is 0.773. The minimum atomic E-state index is -4.58. The Hall–Kier alpha value is -2.62. The summed E-state index contributed by atoms with van der Waals surface area (Å²) in [5.74, 6) is -1.25. The molecule has 1 fully saturated rings. The van der Waals surface area contributed by atoms with E-state index in [0.717, 1.165) is 42.9 Å². The molecule has 152 valence electrons. The second-order valence-corrected chi connectivity index (χ2v) is 6.16. The highest BCUT2D eigenvalue weighted by atomic mass is 19.4. The zero-order valence-corrected chi connectivity index (χ0v) is 15.5. The van der Waals surface area contributed by atoms with Gasteiger partial charge in [0.05, 0.1) is 18.9 Å². The van der Waals surface area contributed by atoms with Gasteiger partial charge in [-0.2, -0.15) is 13.2 Å². The van der Waals surface area contributed by atoms with Crippen molar-refractivity contribution in [2.75, 3.05) is 13.7 Å². The van der Waals surface area contributed by atoms with Gasteiger partial charge in [0, 0.05) is 30.7 Å². The Morgan fingerprint density at radius 3 is 2.46 bits per heavy atom. The lowest BCUT2D eigenvalue weighted by molar-refractivity contribution is -0.145. The van der Waals surface area contributed by atoms with Gasteiger partial charge in [0.1, 0.15) is 0 Å². The summed E-state index contributed by atoms with van der Waals surface area (Å²) in [5, 5.41) is 6.01. The van der Waals surface area contributed by atoms with Crippen molar-refractivity contribution < 1.29 is 22.4 Å². The third-order valence-corrected chi connectivity index (χ3v) is 4.25. The van der Waals surface area contributed by atoms with Crippen molar-refractivity contribution in [3.05, 3.63) is 41.6 Å². The molecule has 1 saturated heterocycles. The van der Waals surface area contributed by atoms with Crippen LogP contribution in [0.15, 0.2) is 24.7 Å². The molecule has 3 heterocycles. The highest BCUT2D eigenvalue weighted by Gasteiger charge is 2.34. The van der Waals surface area contributed by atoms with Gasteiger partial charge in [0.2, 0.25) is 11.7 Å². The lowest BCUT2D eigenvalue weighted by Crippen LogP contribution is -2.40. The zero-order valence-electron chi connectivity index (χ0n) is 15.5. The molecule has 0 bridgehead atoms. The molecule has 2 aromatic rings. The average molecular weight is 399 g/mol. The summed E-state index contributed by atoms with van der Waals surface area (Å²) < 4.78 is 47.2. The number of hydrogen-bond acceptors (Lipinski definition) is 5. The molecular formula is C18H21F4N5O. The van der Waals surface area contributed by atoms with E-state index in [0.29, 0.717) is 25.0 Å². The smallest absolute Gasteiger partial charge is 0.351 e. The van der Waals surface area contributed by atoms with Crippen LogP contribution in [-0.2, 0) is 17.5 Å². The molecular weight excluding hydrogens is 378 g/mol. The topological polar surface area (TPSA) is 79.8 Å². The zero-order chi connectivity index (χ0) is 20.7. The number of carbonyl (C=O) groups excluding carboxylic acids is 1. The molecule has 0 spiro atoms.